The third-order valence-electron chi connectivity index (χ3n) is 4.29. The second-order valence-corrected chi connectivity index (χ2v) is 5.99. The zero-order valence-corrected chi connectivity index (χ0v) is 14.0. The highest BCUT2D eigenvalue weighted by atomic mass is 16.5. The molecule has 0 saturated carbocycles. The summed E-state index contributed by atoms with van der Waals surface area (Å²) in [7, 11) is 3.43. The average molecular weight is 338 g/mol. The first kappa shape index (κ1) is 15.4. The summed E-state index contributed by atoms with van der Waals surface area (Å²) in [6.07, 6.45) is 3.38. The van der Waals surface area contributed by atoms with E-state index < -0.39 is 0 Å². The SMILES string of the molecule is COc1c2ccc(C(=O)N3CC(Nc4ncccn4)C3)cc2nn1C. The van der Waals surface area contributed by atoms with Crippen LogP contribution in [0.15, 0.2) is 36.7 Å². The predicted octanol–water partition coefficient (Wildman–Crippen LogP) is 1.31. The van der Waals surface area contributed by atoms with Crippen molar-refractivity contribution in [3.8, 4) is 5.88 Å². The smallest absolute Gasteiger partial charge is 0.254 e. The summed E-state index contributed by atoms with van der Waals surface area (Å²) in [6, 6.07) is 7.44. The first-order valence-electron chi connectivity index (χ1n) is 7.99. The van der Waals surface area contributed by atoms with Gasteiger partial charge in [0.1, 0.15) is 0 Å². The van der Waals surface area contributed by atoms with Gasteiger partial charge in [-0.05, 0) is 24.3 Å². The molecule has 4 rings (SSSR count). The molecule has 128 valence electrons. The highest BCUT2D eigenvalue weighted by Crippen LogP contribution is 2.26. The Morgan fingerprint density at radius 3 is 2.76 bits per heavy atom. The molecule has 1 aliphatic rings. The molecule has 3 heterocycles. The lowest BCUT2D eigenvalue weighted by Crippen LogP contribution is -2.57. The number of fused-ring (bicyclic) bond motifs is 1. The molecule has 2 aromatic heterocycles. The number of nitrogens with one attached hydrogen (secondary N) is 1. The van der Waals surface area contributed by atoms with E-state index in [0.29, 0.717) is 30.5 Å². The van der Waals surface area contributed by atoms with Crippen LogP contribution in [0.5, 0.6) is 5.88 Å². The highest BCUT2D eigenvalue weighted by molar-refractivity contribution is 5.99. The van der Waals surface area contributed by atoms with Crippen molar-refractivity contribution in [3.05, 3.63) is 42.2 Å². The molecule has 8 heteroatoms. The molecule has 0 radical (unpaired) electrons. The summed E-state index contributed by atoms with van der Waals surface area (Å²) >= 11 is 0. The van der Waals surface area contributed by atoms with Crippen LogP contribution in [-0.4, -0.2) is 56.8 Å². The molecular weight excluding hydrogens is 320 g/mol. The number of carbonyl (C=O) groups excluding carboxylic acids is 1. The van der Waals surface area contributed by atoms with Gasteiger partial charge in [-0.2, -0.15) is 5.10 Å². The maximum Gasteiger partial charge on any atom is 0.254 e. The second-order valence-electron chi connectivity index (χ2n) is 5.99. The molecule has 1 aromatic carbocycles. The minimum Gasteiger partial charge on any atom is -0.481 e. The monoisotopic (exact) mass is 338 g/mol. The van der Waals surface area contributed by atoms with Crippen LogP contribution in [0, 0.1) is 0 Å². The number of benzene rings is 1. The maximum atomic E-state index is 12.6. The Labute approximate surface area is 144 Å². The minimum atomic E-state index is -0.00134. The van der Waals surface area contributed by atoms with E-state index in [1.165, 1.54) is 0 Å². The van der Waals surface area contributed by atoms with Gasteiger partial charge < -0.3 is 15.0 Å². The Morgan fingerprint density at radius 2 is 2.04 bits per heavy atom. The fraction of sp³-hybridized carbons (Fsp3) is 0.294. The standard InChI is InChI=1S/C17H18N6O2/c1-22-16(25-2)13-5-4-11(8-14(13)21-22)15(24)23-9-12(10-23)20-17-18-6-3-7-19-17/h3-8,12H,9-10H2,1-2H3,(H,18,19,20). The lowest BCUT2D eigenvalue weighted by atomic mass is 10.1. The van der Waals surface area contributed by atoms with Gasteiger partial charge in [0, 0.05) is 38.1 Å². The van der Waals surface area contributed by atoms with Crippen molar-refractivity contribution >= 4 is 22.8 Å². The normalized spacial score (nSPS) is 14.4. The van der Waals surface area contributed by atoms with E-state index in [1.54, 1.807) is 41.2 Å². The third kappa shape index (κ3) is 2.75. The van der Waals surface area contributed by atoms with E-state index in [9.17, 15) is 4.79 Å². The second kappa shape index (κ2) is 6.04. The highest BCUT2D eigenvalue weighted by Gasteiger charge is 2.31. The Hall–Kier alpha value is -3.16. The lowest BCUT2D eigenvalue weighted by molar-refractivity contribution is 0.0624. The number of ether oxygens (including phenoxy) is 1. The summed E-state index contributed by atoms with van der Waals surface area (Å²) in [5.74, 6) is 1.27. The number of amides is 1. The minimum absolute atomic E-state index is 0.00134. The molecule has 0 unspecified atom stereocenters. The van der Waals surface area contributed by atoms with Crippen molar-refractivity contribution in [2.24, 2.45) is 7.05 Å². The van der Waals surface area contributed by atoms with Gasteiger partial charge in [-0.15, -0.1) is 0 Å². The number of aryl methyl sites for hydroxylation is 1. The van der Waals surface area contributed by atoms with E-state index in [0.717, 1.165) is 10.9 Å². The van der Waals surface area contributed by atoms with Crippen LogP contribution in [0.2, 0.25) is 0 Å². The number of methoxy groups -OCH3 is 1. The van der Waals surface area contributed by atoms with Gasteiger partial charge >= 0.3 is 0 Å². The van der Waals surface area contributed by atoms with Gasteiger partial charge in [0.2, 0.25) is 11.8 Å². The van der Waals surface area contributed by atoms with Crippen LogP contribution in [0.4, 0.5) is 5.95 Å². The van der Waals surface area contributed by atoms with Crippen molar-refractivity contribution in [3.63, 3.8) is 0 Å². The number of rotatable bonds is 4. The molecule has 8 nitrogen and oxygen atoms in total. The molecule has 1 amide bonds. The van der Waals surface area contributed by atoms with Gasteiger partial charge in [0.05, 0.1) is 24.1 Å². The molecule has 0 bridgehead atoms. The van der Waals surface area contributed by atoms with Crippen LogP contribution < -0.4 is 10.1 Å². The topological polar surface area (TPSA) is 85.2 Å². The number of hydrogen-bond donors (Lipinski definition) is 1. The quantitative estimate of drug-likeness (QED) is 0.772. The van der Waals surface area contributed by atoms with Crippen molar-refractivity contribution in [1.29, 1.82) is 0 Å². The van der Waals surface area contributed by atoms with E-state index in [4.69, 9.17) is 4.74 Å². The largest absolute Gasteiger partial charge is 0.481 e. The summed E-state index contributed by atoms with van der Waals surface area (Å²) in [5, 5.41) is 8.50. The summed E-state index contributed by atoms with van der Waals surface area (Å²) < 4.78 is 7.00. The third-order valence-corrected chi connectivity index (χ3v) is 4.29. The van der Waals surface area contributed by atoms with Crippen LogP contribution in [-0.2, 0) is 7.05 Å². The predicted molar refractivity (Wildman–Crippen MR) is 92.6 cm³/mol. The molecule has 1 aliphatic heterocycles. The molecule has 1 saturated heterocycles. The number of carbonyl (C=O) groups is 1. The van der Waals surface area contributed by atoms with Gasteiger partial charge in [-0.25, -0.2) is 14.6 Å². The number of nitrogens with zero attached hydrogens (tertiary/aromatic N) is 5. The Balaban J connectivity index is 1.44. The van der Waals surface area contributed by atoms with Gasteiger partial charge in [0.15, 0.2) is 0 Å². The van der Waals surface area contributed by atoms with Crippen LogP contribution >= 0.6 is 0 Å². The van der Waals surface area contributed by atoms with Gasteiger partial charge in [-0.3, -0.25) is 4.79 Å². The molecule has 0 atom stereocenters. The van der Waals surface area contributed by atoms with E-state index in [1.807, 2.05) is 19.2 Å². The fourth-order valence-electron chi connectivity index (χ4n) is 3.03. The zero-order chi connectivity index (χ0) is 17.4. The van der Waals surface area contributed by atoms with E-state index in [2.05, 4.69) is 20.4 Å². The van der Waals surface area contributed by atoms with Gasteiger partial charge in [0.25, 0.3) is 5.91 Å². The molecule has 3 aromatic rings. The Morgan fingerprint density at radius 1 is 1.28 bits per heavy atom. The molecule has 0 spiro atoms. The fourth-order valence-corrected chi connectivity index (χ4v) is 3.03. The molecule has 1 fully saturated rings. The van der Waals surface area contributed by atoms with Crippen molar-refractivity contribution < 1.29 is 9.53 Å². The Kier molecular flexibility index (Phi) is 3.72. The number of likely N-dealkylation sites (tertiary alicyclic amines) is 1. The van der Waals surface area contributed by atoms with Crippen LogP contribution in [0.3, 0.4) is 0 Å². The first-order chi connectivity index (χ1) is 12.2. The average Bonchev–Trinajstić information content (AvgIpc) is 2.92. The Bertz CT molecular complexity index is 918. The molecule has 0 aliphatic carbocycles. The maximum absolute atomic E-state index is 12.6. The van der Waals surface area contributed by atoms with Crippen LogP contribution in [0.1, 0.15) is 10.4 Å². The number of anilines is 1. The van der Waals surface area contributed by atoms with Crippen LogP contribution in [0.25, 0.3) is 10.9 Å². The summed E-state index contributed by atoms with van der Waals surface area (Å²) in [6.45, 7) is 1.25. The van der Waals surface area contributed by atoms with E-state index >= 15 is 0 Å². The molecule has 25 heavy (non-hydrogen) atoms. The summed E-state index contributed by atoms with van der Waals surface area (Å²) in [5.41, 5.74) is 1.38. The number of aromatic nitrogens is 4. The molecule has 1 N–H and O–H groups in total. The summed E-state index contributed by atoms with van der Waals surface area (Å²) in [4.78, 5) is 22.7. The number of hydrogen-bond acceptors (Lipinski definition) is 6. The van der Waals surface area contributed by atoms with Gasteiger partial charge in [-0.1, -0.05) is 0 Å². The van der Waals surface area contributed by atoms with E-state index in [-0.39, 0.29) is 11.9 Å². The zero-order valence-electron chi connectivity index (χ0n) is 14.0. The van der Waals surface area contributed by atoms with Crippen molar-refractivity contribution in [2.75, 3.05) is 25.5 Å². The molecular formula is C17H18N6O2. The van der Waals surface area contributed by atoms with Crippen molar-refractivity contribution in [2.45, 2.75) is 6.04 Å². The van der Waals surface area contributed by atoms with Crippen molar-refractivity contribution in [1.82, 2.24) is 24.6 Å². The first-order valence-corrected chi connectivity index (χ1v) is 7.99. The lowest BCUT2D eigenvalue weighted by Gasteiger charge is -2.39.